The Hall–Kier alpha value is -1.59. The second kappa shape index (κ2) is 8.40. The van der Waals surface area contributed by atoms with Crippen LogP contribution >= 0.6 is 0 Å². The molecule has 2 saturated heterocycles. The van der Waals surface area contributed by atoms with E-state index >= 15 is 0 Å². The molecule has 1 aromatic carbocycles. The topological polar surface area (TPSA) is 44.8 Å². The molecule has 0 bridgehead atoms. The van der Waals surface area contributed by atoms with Gasteiger partial charge in [0.1, 0.15) is 0 Å². The first-order valence-electron chi connectivity index (χ1n) is 9.86. The summed E-state index contributed by atoms with van der Waals surface area (Å²) in [5.74, 6) is 0.622. The van der Waals surface area contributed by atoms with Crippen LogP contribution in [0, 0.1) is 12.8 Å². The van der Waals surface area contributed by atoms with Crippen molar-refractivity contribution in [3.05, 3.63) is 35.4 Å². The molecule has 2 aliphatic heterocycles. The Morgan fingerprint density at radius 2 is 1.88 bits per heavy atom. The first-order valence-corrected chi connectivity index (χ1v) is 9.86. The van der Waals surface area contributed by atoms with E-state index in [1.165, 1.54) is 5.56 Å². The van der Waals surface area contributed by atoms with E-state index < -0.39 is 0 Å². The summed E-state index contributed by atoms with van der Waals surface area (Å²) in [4.78, 5) is 17.0. The van der Waals surface area contributed by atoms with Crippen LogP contribution in [0.15, 0.2) is 24.3 Å². The molecule has 2 amide bonds. The predicted molar refractivity (Wildman–Crippen MR) is 104 cm³/mol. The van der Waals surface area contributed by atoms with Gasteiger partial charge in [0, 0.05) is 45.4 Å². The van der Waals surface area contributed by atoms with Crippen LogP contribution < -0.4 is 5.32 Å². The molecule has 2 atom stereocenters. The van der Waals surface area contributed by atoms with Crippen molar-refractivity contribution in [2.75, 3.05) is 26.7 Å². The largest absolute Gasteiger partial charge is 0.378 e. The van der Waals surface area contributed by atoms with E-state index in [0.717, 1.165) is 38.0 Å². The van der Waals surface area contributed by atoms with E-state index in [-0.39, 0.29) is 6.03 Å². The maximum atomic E-state index is 12.5. The van der Waals surface area contributed by atoms with Crippen molar-refractivity contribution in [1.29, 1.82) is 0 Å². The second-order valence-corrected chi connectivity index (χ2v) is 8.02. The number of methoxy groups -OCH3 is 1. The molecule has 0 aliphatic carbocycles. The summed E-state index contributed by atoms with van der Waals surface area (Å²) in [6.45, 7) is 9.89. The van der Waals surface area contributed by atoms with E-state index in [1.54, 1.807) is 0 Å². The minimum atomic E-state index is 0.0571. The molecule has 144 valence electrons. The van der Waals surface area contributed by atoms with Crippen molar-refractivity contribution in [2.45, 2.75) is 58.3 Å². The number of piperidine rings is 1. The van der Waals surface area contributed by atoms with Crippen molar-refractivity contribution in [1.82, 2.24) is 15.1 Å². The van der Waals surface area contributed by atoms with Crippen molar-refractivity contribution in [3.8, 4) is 0 Å². The number of hydrogen-bond donors (Lipinski definition) is 1. The van der Waals surface area contributed by atoms with Crippen LogP contribution in [0.2, 0.25) is 0 Å². The lowest BCUT2D eigenvalue weighted by Gasteiger charge is -2.54. The first-order chi connectivity index (χ1) is 12.5. The number of carbonyl (C=O) groups excluding carboxylic acids is 1. The van der Waals surface area contributed by atoms with E-state index in [2.05, 4.69) is 55.3 Å². The summed E-state index contributed by atoms with van der Waals surface area (Å²) >= 11 is 0. The maximum Gasteiger partial charge on any atom is 0.317 e. The minimum absolute atomic E-state index is 0.0571. The molecule has 0 aromatic heterocycles. The smallest absolute Gasteiger partial charge is 0.317 e. The predicted octanol–water partition coefficient (Wildman–Crippen LogP) is 3.02. The highest BCUT2D eigenvalue weighted by molar-refractivity contribution is 5.74. The molecule has 2 heterocycles. The van der Waals surface area contributed by atoms with Gasteiger partial charge in [-0.3, -0.25) is 4.90 Å². The number of aryl methyl sites for hydroxylation is 1. The fourth-order valence-electron chi connectivity index (χ4n) is 4.30. The van der Waals surface area contributed by atoms with Crippen LogP contribution in [0.1, 0.15) is 37.8 Å². The van der Waals surface area contributed by atoms with Crippen molar-refractivity contribution < 1.29 is 9.53 Å². The van der Waals surface area contributed by atoms with Gasteiger partial charge in [0.15, 0.2) is 0 Å². The van der Waals surface area contributed by atoms with Crippen molar-refractivity contribution >= 4 is 6.03 Å². The van der Waals surface area contributed by atoms with Gasteiger partial charge in [-0.2, -0.15) is 0 Å². The number of benzene rings is 1. The SMILES string of the molecule is CO[C@H]1CN(C(C)C)[C@H]1C1CCN(C(=O)NCc2ccc(C)cc2)CC1. The highest BCUT2D eigenvalue weighted by Crippen LogP contribution is 2.35. The third-order valence-electron chi connectivity index (χ3n) is 5.99. The molecule has 0 radical (unpaired) electrons. The molecule has 3 rings (SSSR count). The Balaban J connectivity index is 1.47. The zero-order chi connectivity index (χ0) is 18.7. The van der Waals surface area contributed by atoms with Crippen LogP contribution in [0.4, 0.5) is 4.79 Å². The molecule has 0 saturated carbocycles. The van der Waals surface area contributed by atoms with Gasteiger partial charge in [-0.1, -0.05) is 29.8 Å². The quantitative estimate of drug-likeness (QED) is 0.879. The summed E-state index contributed by atoms with van der Waals surface area (Å²) in [5.41, 5.74) is 2.38. The lowest BCUT2D eigenvalue weighted by Crippen LogP contribution is -2.66. The van der Waals surface area contributed by atoms with E-state index in [0.29, 0.717) is 30.7 Å². The Morgan fingerprint density at radius 3 is 2.46 bits per heavy atom. The average Bonchev–Trinajstić information content (AvgIpc) is 2.61. The number of carbonyl (C=O) groups is 1. The Kier molecular flexibility index (Phi) is 6.20. The summed E-state index contributed by atoms with van der Waals surface area (Å²) in [6, 6.07) is 9.44. The second-order valence-electron chi connectivity index (χ2n) is 8.02. The first kappa shape index (κ1) is 19.2. The van der Waals surface area contributed by atoms with Crippen LogP contribution in [0.3, 0.4) is 0 Å². The van der Waals surface area contributed by atoms with Crippen molar-refractivity contribution in [3.63, 3.8) is 0 Å². The number of likely N-dealkylation sites (tertiary alicyclic amines) is 2. The number of ether oxygens (including phenoxy) is 1. The molecule has 1 aromatic rings. The Bertz CT molecular complexity index is 594. The molecule has 2 fully saturated rings. The molecule has 26 heavy (non-hydrogen) atoms. The highest BCUT2D eigenvalue weighted by Gasteiger charge is 2.45. The van der Waals surface area contributed by atoms with Crippen LogP contribution in [0.25, 0.3) is 0 Å². The molecule has 1 N–H and O–H groups in total. The number of rotatable bonds is 5. The molecular weight excluding hydrogens is 326 g/mol. The number of hydrogen-bond acceptors (Lipinski definition) is 3. The molecular formula is C21H33N3O2. The molecule has 5 heteroatoms. The summed E-state index contributed by atoms with van der Waals surface area (Å²) in [5, 5.41) is 3.06. The van der Waals surface area contributed by atoms with Gasteiger partial charge in [0.25, 0.3) is 0 Å². The van der Waals surface area contributed by atoms with E-state index in [9.17, 15) is 4.79 Å². The summed E-state index contributed by atoms with van der Waals surface area (Å²) in [7, 11) is 1.82. The highest BCUT2D eigenvalue weighted by atomic mass is 16.5. The third-order valence-corrected chi connectivity index (χ3v) is 5.99. The van der Waals surface area contributed by atoms with Gasteiger partial charge < -0.3 is 15.0 Å². The molecule has 0 spiro atoms. The van der Waals surface area contributed by atoms with E-state index in [1.807, 2.05) is 12.0 Å². The zero-order valence-corrected chi connectivity index (χ0v) is 16.6. The fraction of sp³-hybridized carbons (Fsp3) is 0.667. The van der Waals surface area contributed by atoms with Crippen LogP contribution in [0.5, 0.6) is 0 Å². The van der Waals surface area contributed by atoms with Gasteiger partial charge in [0.05, 0.1) is 6.10 Å². The minimum Gasteiger partial charge on any atom is -0.378 e. The number of nitrogens with one attached hydrogen (secondary N) is 1. The average molecular weight is 360 g/mol. The lowest BCUT2D eigenvalue weighted by atomic mass is 9.79. The summed E-state index contributed by atoms with van der Waals surface area (Å²) in [6.07, 6.45) is 2.47. The molecule has 0 unspecified atom stereocenters. The third kappa shape index (κ3) is 4.21. The molecule has 2 aliphatic rings. The van der Waals surface area contributed by atoms with Crippen molar-refractivity contribution in [2.24, 2.45) is 5.92 Å². The van der Waals surface area contributed by atoms with Crippen LogP contribution in [-0.2, 0) is 11.3 Å². The van der Waals surface area contributed by atoms with Gasteiger partial charge in [0.2, 0.25) is 0 Å². The van der Waals surface area contributed by atoms with Gasteiger partial charge in [-0.25, -0.2) is 4.79 Å². The van der Waals surface area contributed by atoms with E-state index in [4.69, 9.17) is 4.74 Å². The zero-order valence-electron chi connectivity index (χ0n) is 16.6. The fourth-order valence-corrected chi connectivity index (χ4v) is 4.30. The van der Waals surface area contributed by atoms with Gasteiger partial charge in [-0.15, -0.1) is 0 Å². The Labute approximate surface area is 157 Å². The normalized spacial score (nSPS) is 24.6. The number of nitrogens with zero attached hydrogens (tertiary/aromatic N) is 2. The number of urea groups is 1. The molecule has 5 nitrogen and oxygen atoms in total. The monoisotopic (exact) mass is 359 g/mol. The van der Waals surface area contributed by atoms with Crippen LogP contribution in [-0.4, -0.2) is 60.8 Å². The lowest BCUT2D eigenvalue weighted by molar-refractivity contribution is -0.127. The van der Waals surface area contributed by atoms with Gasteiger partial charge in [-0.05, 0) is 45.1 Å². The Morgan fingerprint density at radius 1 is 1.23 bits per heavy atom. The van der Waals surface area contributed by atoms with Gasteiger partial charge >= 0.3 is 6.03 Å². The standard InChI is InChI=1S/C21H33N3O2/c1-15(2)24-14-19(26-4)20(24)18-9-11-23(12-10-18)21(25)22-13-17-7-5-16(3)6-8-17/h5-8,15,18-20H,9-14H2,1-4H3,(H,22,25)/t19-,20-/m0/s1. The number of amides is 2. The maximum absolute atomic E-state index is 12.5. The summed E-state index contributed by atoms with van der Waals surface area (Å²) < 4.78 is 5.67.